The highest BCUT2D eigenvalue weighted by molar-refractivity contribution is 5.91. The maximum Gasteiger partial charge on any atom is 0.319 e. The number of benzene rings is 1. The average Bonchev–Trinajstić information content (AvgIpc) is 2.79. The van der Waals surface area contributed by atoms with Gasteiger partial charge in [0.15, 0.2) is 0 Å². The first-order valence-electron chi connectivity index (χ1n) is 5.82. The number of rotatable bonds is 2. The Morgan fingerprint density at radius 1 is 1.47 bits per heavy atom. The van der Waals surface area contributed by atoms with Gasteiger partial charge in [-0.25, -0.2) is 4.79 Å². The SMILES string of the molecule is Cc1ccc(N)cc1NC(=O)NC1CC1(C)C. The van der Waals surface area contributed by atoms with Crippen molar-refractivity contribution in [3.8, 4) is 0 Å². The molecule has 1 fully saturated rings. The number of hydrogen-bond acceptors (Lipinski definition) is 2. The molecule has 0 aromatic heterocycles. The molecule has 1 saturated carbocycles. The summed E-state index contributed by atoms with van der Waals surface area (Å²) in [6, 6.07) is 5.61. The van der Waals surface area contributed by atoms with Crippen LogP contribution in [0, 0.1) is 12.3 Å². The van der Waals surface area contributed by atoms with Crippen LogP contribution in [0.15, 0.2) is 18.2 Å². The number of nitrogen functional groups attached to an aromatic ring is 1. The van der Waals surface area contributed by atoms with Gasteiger partial charge in [-0.2, -0.15) is 0 Å². The number of urea groups is 1. The minimum atomic E-state index is -0.158. The van der Waals surface area contributed by atoms with Gasteiger partial charge in [0.1, 0.15) is 0 Å². The summed E-state index contributed by atoms with van der Waals surface area (Å²) in [5.41, 5.74) is 8.35. The molecule has 0 heterocycles. The topological polar surface area (TPSA) is 67.1 Å². The van der Waals surface area contributed by atoms with Gasteiger partial charge in [-0.05, 0) is 36.5 Å². The van der Waals surface area contributed by atoms with Crippen LogP contribution < -0.4 is 16.4 Å². The summed E-state index contributed by atoms with van der Waals surface area (Å²) in [7, 11) is 0. The molecule has 4 heteroatoms. The van der Waals surface area contributed by atoms with Crippen molar-refractivity contribution in [1.82, 2.24) is 5.32 Å². The van der Waals surface area contributed by atoms with Crippen LogP contribution in [0.4, 0.5) is 16.2 Å². The molecule has 1 aliphatic rings. The molecule has 0 saturated heterocycles. The first-order valence-corrected chi connectivity index (χ1v) is 5.82. The van der Waals surface area contributed by atoms with Crippen LogP contribution in [0.2, 0.25) is 0 Å². The van der Waals surface area contributed by atoms with Gasteiger partial charge >= 0.3 is 6.03 Å². The van der Waals surface area contributed by atoms with Crippen LogP contribution in [0.1, 0.15) is 25.8 Å². The number of carbonyl (C=O) groups is 1. The largest absolute Gasteiger partial charge is 0.399 e. The number of nitrogens with one attached hydrogen (secondary N) is 2. The third-order valence-corrected chi connectivity index (χ3v) is 3.33. The Labute approximate surface area is 102 Å². The first kappa shape index (κ1) is 11.8. The van der Waals surface area contributed by atoms with E-state index in [2.05, 4.69) is 24.5 Å². The Hall–Kier alpha value is -1.71. The fourth-order valence-corrected chi connectivity index (χ4v) is 1.80. The molecule has 1 unspecified atom stereocenters. The molecular formula is C13H19N3O. The van der Waals surface area contributed by atoms with Crippen molar-refractivity contribution in [1.29, 1.82) is 0 Å². The third-order valence-electron chi connectivity index (χ3n) is 3.33. The van der Waals surface area contributed by atoms with Crippen LogP contribution >= 0.6 is 0 Å². The van der Waals surface area contributed by atoms with Crippen molar-refractivity contribution in [2.24, 2.45) is 5.41 Å². The van der Waals surface area contributed by atoms with E-state index in [4.69, 9.17) is 5.73 Å². The van der Waals surface area contributed by atoms with Gasteiger partial charge in [-0.15, -0.1) is 0 Å². The van der Waals surface area contributed by atoms with E-state index in [1.54, 1.807) is 6.07 Å². The van der Waals surface area contributed by atoms with E-state index in [9.17, 15) is 4.79 Å². The Morgan fingerprint density at radius 2 is 2.12 bits per heavy atom. The normalized spacial score (nSPS) is 20.8. The number of hydrogen-bond donors (Lipinski definition) is 3. The van der Waals surface area contributed by atoms with E-state index in [0.717, 1.165) is 17.7 Å². The molecule has 0 aliphatic heterocycles. The Balaban J connectivity index is 1.96. The number of carbonyl (C=O) groups excluding carboxylic acids is 1. The highest BCUT2D eigenvalue weighted by Crippen LogP contribution is 2.44. The molecule has 2 rings (SSSR count). The van der Waals surface area contributed by atoms with E-state index >= 15 is 0 Å². The average molecular weight is 233 g/mol. The quantitative estimate of drug-likeness (QED) is 0.687. The predicted molar refractivity (Wildman–Crippen MR) is 69.9 cm³/mol. The summed E-state index contributed by atoms with van der Waals surface area (Å²) < 4.78 is 0. The van der Waals surface area contributed by atoms with Gasteiger partial charge in [-0.3, -0.25) is 0 Å². The molecule has 0 radical (unpaired) electrons. The molecule has 17 heavy (non-hydrogen) atoms. The van der Waals surface area contributed by atoms with Crippen molar-refractivity contribution in [2.45, 2.75) is 33.2 Å². The second-order valence-electron chi connectivity index (χ2n) is 5.42. The minimum absolute atomic E-state index is 0.158. The van der Waals surface area contributed by atoms with Gasteiger partial charge in [0.2, 0.25) is 0 Å². The Morgan fingerprint density at radius 3 is 2.71 bits per heavy atom. The van der Waals surface area contributed by atoms with Crippen LogP contribution in [-0.4, -0.2) is 12.1 Å². The first-order chi connectivity index (χ1) is 7.88. The molecular weight excluding hydrogens is 214 g/mol. The molecule has 0 bridgehead atoms. The number of aryl methyl sites for hydroxylation is 1. The second-order valence-corrected chi connectivity index (χ2v) is 5.42. The molecule has 2 amide bonds. The molecule has 4 N–H and O–H groups in total. The van der Waals surface area contributed by atoms with Crippen LogP contribution in [0.3, 0.4) is 0 Å². The van der Waals surface area contributed by atoms with Gasteiger partial charge in [-0.1, -0.05) is 19.9 Å². The zero-order chi connectivity index (χ0) is 12.6. The highest BCUT2D eigenvalue weighted by atomic mass is 16.2. The Kier molecular flexibility index (Phi) is 2.73. The fourth-order valence-electron chi connectivity index (χ4n) is 1.80. The molecule has 92 valence electrons. The fraction of sp³-hybridized carbons (Fsp3) is 0.462. The van der Waals surface area contributed by atoms with Gasteiger partial charge in [0, 0.05) is 17.4 Å². The third kappa shape index (κ3) is 2.70. The zero-order valence-corrected chi connectivity index (χ0v) is 10.5. The van der Waals surface area contributed by atoms with Crippen molar-refractivity contribution >= 4 is 17.4 Å². The maximum atomic E-state index is 11.8. The van der Waals surface area contributed by atoms with Gasteiger partial charge < -0.3 is 16.4 Å². The maximum absolute atomic E-state index is 11.8. The lowest BCUT2D eigenvalue weighted by Gasteiger charge is -2.11. The summed E-state index contributed by atoms with van der Waals surface area (Å²) in [5.74, 6) is 0. The van der Waals surface area contributed by atoms with Crippen LogP contribution in [0.5, 0.6) is 0 Å². The Bertz CT molecular complexity index is 454. The van der Waals surface area contributed by atoms with Crippen molar-refractivity contribution < 1.29 is 4.79 Å². The number of amides is 2. The smallest absolute Gasteiger partial charge is 0.319 e. The molecule has 4 nitrogen and oxygen atoms in total. The van der Waals surface area contributed by atoms with E-state index < -0.39 is 0 Å². The summed E-state index contributed by atoms with van der Waals surface area (Å²) in [4.78, 5) is 11.8. The number of nitrogens with two attached hydrogens (primary N) is 1. The highest BCUT2D eigenvalue weighted by Gasteiger charge is 2.46. The standard InChI is InChI=1S/C13H19N3O/c1-8-4-5-9(14)6-10(8)15-12(17)16-11-7-13(11,2)3/h4-6,11H,7,14H2,1-3H3,(H2,15,16,17). The van der Waals surface area contributed by atoms with E-state index in [1.165, 1.54) is 0 Å². The van der Waals surface area contributed by atoms with Gasteiger partial charge in [0.25, 0.3) is 0 Å². The van der Waals surface area contributed by atoms with Crippen molar-refractivity contribution in [3.63, 3.8) is 0 Å². The van der Waals surface area contributed by atoms with E-state index in [-0.39, 0.29) is 17.5 Å². The van der Waals surface area contributed by atoms with Crippen LogP contribution in [-0.2, 0) is 0 Å². The second kappa shape index (κ2) is 3.95. The summed E-state index contributed by atoms with van der Waals surface area (Å²) >= 11 is 0. The lowest BCUT2D eigenvalue weighted by molar-refractivity contribution is 0.250. The lowest BCUT2D eigenvalue weighted by atomic mass is 10.2. The minimum Gasteiger partial charge on any atom is -0.399 e. The van der Waals surface area contributed by atoms with Crippen molar-refractivity contribution in [3.05, 3.63) is 23.8 Å². The molecule has 1 aromatic carbocycles. The molecule has 1 aliphatic carbocycles. The molecule has 1 aromatic rings. The zero-order valence-electron chi connectivity index (χ0n) is 10.5. The van der Waals surface area contributed by atoms with Gasteiger partial charge in [0.05, 0.1) is 0 Å². The van der Waals surface area contributed by atoms with E-state index in [1.807, 2.05) is 19.1 Å². The lowest BCUT2D eigenvalue weighted by Crippen LogP contribution is -2.32. The monoisotopic (exact) mass is 233 g/mol. The van der Waals surface area contributed by atoms with E-state index in [0.29, 0.717) is 5.69 Å². The van der Waals surface area contributed by atoms with Crippen LogP contribution in [0.25, 0.3) is 0 Å². The molecule has 0 spiro atoms. The summed E-state index contributed by atoms with van der Waals surface area (Å²) in [6.45, 7) is 6.23. The van der Waals surface area contributed by atoms with Crippen molar-refractivity contribution in [2.75, 3.05) is 11.1 Å². The summed E-state index contributed by atoms with van der Waals surface area (Å²) in [5, 5.41) is 5.78. The number of anilines is 2. The molecule has 1 atom stereocenters. The predicted octanol–water partition coefficient (Wildman–Crippen LogP) is 2.50. The summed E-state index contributed by atoms with van der Waals surface area (Å²) in [6.07, 6.45) is 1.04.